The minimum Gasteiger partial charge on any atom is -0.496 e. The van der Waals surface area contributed by atoms with Gasteiger partial charge in [-0.05, 0) is 18.6 Å². The Labute approximate surface area is 77.3 Å². The van der Waals surface area contributed by atoms with Crippen LogP contribution in [-0.4, -0.2) is 12.1 Å². The lowest BCUT2D eigenvalue weighted by Crippen LogP contribution is -2.12. The van der Waals surface area contributed by atoms with Gasteiger partial charge in [-0.2, -0.15) is 0 Å². The van der Waals surface area contributed by atoms with Gasteiger partial charge in [-0.3, -0.25) is 0 Å². The average molecular weight is 181 g/mol. The molecule has 0 aliphatic carbocycles. The summed E-state index contributed by atoms with van der Waals surface area (Å²) in [6.07, 6.45) is 0. The molecule has 0 aromatic heterocycles. The Balaban J connectivity index is 3.29. The highest BCUT2D eigenvalue weighted by molar-refractivity contribution is 7.80. The number of rotatable bonds is 2. The van der Waals surface area contributed by atoms with Gasteiger partial charge in [-0.25, -0.2) is 0 Å². The Kier molecular flexibility index (Phi) is 2.65. The lowest BCUT2D eigenvalue weighted by Gasteiger charge is -2.08. The molecule has 0 saturated heterocycles. The summed E-state index contributed by atoms with van der Waals surface area (Å²) in [6, 6.07) is 5.72. The summed E-state index contributed by atoms with van der Waals surface area (Å²) in [5.41, 5.74) is 7.41. The Morgan fingerprint density at radius 2 is 2.17 bits per heavy atom. The molecule has 0 unspecified atom stereocenters. The second-order valence-electron chi connectivity index (χ2n) is 2.52. The van der Waals surface area contributed by atoms with Crippen molar-refractivity contribution >= 4 is 17.2 Å². The zero-order valence-corrected chi connectivity index (χ0v) is 7.94. The molecule has 0 spiro atoms. The predicted octanol–water partition coefficient (Wildman–Crippen LogP) is 1.64. The molecule has 0 amide bonds. The third-order valence-electron chi connectivity index (χ3n) is 1.70. The van der Waals surface area contributed by atoms with Crippen molar-refractivity contribution < 1.29 is 4.74 Å². The van der Waals surface area contributed by atoms with E-state index in [1.807, 2.05) is 25.1 Å². The maximum Gasteiger partial charge on any atom is 0.129 e. The lowest BCUT2D eigenvalue weighted by molar-refractivity contribution is 0.413. The molecule has 2 nitrogen and oxygen atoms in total. The molecule has 0 aliphatic rings. The average Bonchev–Trinajstić information content (AvgIpc) is 2.03. The molecule has 0 heterocycles. The largest absolute Gasteiger partial charge is 0.496 e. The van der Waals surface area contributed by atoms with Crippen LogP contribution in [0.4, 0.5) is 0 Å². The van der Waals surface area contributed by atoms with Gasteiger partial charge in [0.05, 0.1) is 12.7 Å². The van der Waals surface area contributed by atoms with Crippen molar-refractivity contribution in [3.8, 4) is 5.75 Å². The van der Waals surface area contributed by atoms with E-state index in [1.165, 1.54) is 0 Å². The monoisotopic (exact) mass is 181 g/mol. The van der Waals surface area contributed by atoms with E-state index >= 15 is 0 Å². The molecule has 0 saturated carbocycles. The highest BCUT2D eigenvalue weighted by atomic mass is 32.1. The molecule has 1 rings (SSSR count). The van der Waals surface area contributed by atoms with Gasteiger partial charge in [0.1, 0.15) is 10.7 Å². The quantitative estimate of drug-likeness (QED) is 0.704. The van der Waals surface area contributed by atoms with Crippen molar-refractivity contribution in [2.75, 3.05) is 7.11 Å². The number of nitrogens with two attached hydrogens (primary N) is 1. The molecule has 64 valence electrons. The van der Waals surface area contributed by atoms with Gasteiger partial charge in [-0.1, -0.05) is 24.4 Å². The van der Waals surface area contributed by atoms with Crippen molar-refractivity contribution in [3.63, 3.8) is 0 Å². The van der Waals surface area contributed by atoms with E-state index in [2.05, 4.69) is 0 Å². The topological polar surface area (TPSA) is 35.2 Å². The third kappa shape index (κ3) is 1.56. The molecular weight excluding hydrogens is 170 g/mol. The fourth-order valence-corrected chi connectivity index (χ4v) is 1.39. The molecule has 0 atom stereocenters. The molecule has 3 heteroatoms. The van der Waals surface area contributed by atoms with E-state index in [0.29, 0.717) is 4.99 Å². The van der Waals surface area contributed by atoms with E-state index < -0.39 is 0 Å². The summed E-state index contributed by atoms with van der Waals surface area (Å²) in [5, 5.41) is 0. The van der Waals surface area contributed by atoms with Crippen LogP contribution in [0.15, 0.2) is 18.2 Å². The van der Waals surface area contributed by atoms with Gasteiger partial charge in [0.2, 0.25) is 0 Å². The number of hydrogen-bond acceptors (Lipinski definition) is 2. The van der Waals surface area contributed by atoms with Crippen LogP contribution in [0, 0.1) is 6.92 Å². The number of ether oxygens (including phenoxy) is 1. The van der Waals surface area contributed by atoms with Crippen molar-refractivity contribution in [2.24, 2.45) is 5.73 Å². The van der Waals surface area contributed by atoms with Gasteiger partial charge >= 0.3 is 0 Å². The van der Waals surface area contributed by atoms with E-state index in [4.69, 9.17) is 22.7 Å². The summed E-state index contributed by atoms with van der Waals surface area (Å²) in [4.78, 5) is 0.380. The highest BCUT2D eigenvalue weighted by Crippen LogP contribution is 2.20. The standard InChI is InChI=1S/C9H11NOS/c1-6-4-3-5-7(11-2)8(6)9(10)12/h3-5H,1-2H3,(H2,10,12). The first-order valence-electron chi connectivity index (χ1n) is 3.60. The molecule has 0 aliphatic heterocycles. The molecular formula is C9H11NOS. The van der Waals surface area contributed by atoms with Gasteiger partial charge in [-0.15, -0.1) is 0 Å². The van der Waals surface area contributed by atoms with E-state index in [0.717, 1.165) is 16.9 Å². The zero-order valence-electron chi connectivity index (χ0n) is 7.13. The highest BCUT2D eigenvalue weighted by Gasteiger charge is 2.07. The zero-order chi connectivity index (χ0) is 9.14. The van der Waals surface area contributed by atoms with Gasteiger partial charge in [0.15, 0.2) is 0 Å². The smallest absolute Gasteiger partial charge is 0.129 e. The van der Waals surface area contributed by atoms with Crippen LogP contribution in [0.25, 0.3) is 0 Å². The van der Waals surface area contributed by atoms with Crippen molar-refractivity contribution in [1.29, 1.82) is 0 Å². The van der Waals surface area contributed by atoms with Crippen LogP contribution in [0.5, 0.6) is 5.75 Å². The second kappa shape index (κ2) is 3.54. The summed E-state index contributed by atoms with van der Waals surface area (Å²) in [5.74, 6) is 0.738. The van der Waals surface area contributed by atoms with Crippen LogP contribution < -0.4 is 10.5 Å². The Morgan fingerprint density at radius 3 is 2.58 bits per heavy atom. The minimum absolute atomic E-state index is 0.380. The van der Waals surface area contributed by atoms with Gasteiger partial charge < -0.3 is 10.5 Å². The van der Waals surface area contributed by atoms with E-state index in [9.17, 15) is 0 Å². The van der Waals surface area contributed by atoms with Crippen LogP contribution in [0.1, 0.15) is 11.1 Å². The predicted molar refractivity (Wildman–Crippen MR) is 53.6 cm³/mol. The first kappa shape index (κ1) is 9.00. The summed E-state index contributed by atoms with van der Waals surface area (Å²) in [7, 11) is 1.61. The summed E-state index contributed by atoms with van der Waals surface area (Å²) >= 11 is 4.90. The SMILES string of the molecule is COc1cccc(C)c1C(N)=S. The fraction of sp³-hybridized carbons (Fsp3) is 0.222. The molecule has 1 aromatic carbocycles. The normalized spacial score (nSPS) is 9.50. The minimum atomic E-state index is 0.380. The van der Waals surface area contributed by atoms with Crippen molar-refractivity contribution in [2.45, 2.75) is 6.92 Å². The second-order valence-corrected chi connectivity index (χ2v) is 2.96. The van der Waals surface area contributed by atoms with Crippen LogP contribution >= 0.6 is 12.2 Å². The number of aryl methyl sites for hydroxylation is 1. The van der Waals surface area contributed by atoms with E-state index in [1.54, 1.807) is 7.11 Å². The number of benzene rings is 1. The Bertz CT molecular complexity index is 309. The fourth-order valence-electron chi connectivity index (χ4n) is 1.13. The van der Waals surface area contributed by atoms with Crippen LogP contribution in [-0.2, 0) is 0 Å². The number of hydrogen-bond donors (Lipinski definition) is 1. The first-order valence-corrected chi connectivity index (χ1v) is 4.01. The van der Waals surface area contributed by atoms with Crippen molar-refractivity contribution in [1.82, 2.24) is 0 Å². The Morgan fingerprint density at radius 1 is 1.50 bits per heavy atom. The molecule has 2 N–H and O–H groups in total. The third-order valence-corrected chi connectivity index (χ3v) is 1.90. The first-order chi connectivity index (χ1) is 5.66. The number of methoxy groups -OCH3 is 1. The van der Waals surface area contributed by atoms with Gasteiger partial charge in [0, 0.05) is 0 Å². The Hall–Kier alpha value is -1.09. The maximum absolute atomic E-state index is 5.54. The number of thiocarbonyl (C=S) groups is 1. The molecule has 12 heavy (non-hydrogen) atoms. The van der Waals surface area contributed by atoms with E-state index in [-0.39, 0.29) is 0 Å². The summed E-state index contributed by atoms with van der Waals surface area (Å²) in [6.45, 7) is 1.96. The molecule has 0 fully saturated rings. The lowest BCUT2D eigenvalue weighted by atomic mass is 10.1. The molecule has 0 radical (unpaired) electrons. The van der Waals surface area contributed by atoms with Gasteiger partial charge in [0.25, 0.3) is 0 Å². The molecule has 0 bridgehead atoms. The van der Waals surface area contributed by atoms with Crippen LogP contribution in [0.2, 0.25) is 0 Å². The maximum atomic E-state index is 5.54. The van der Waals surface area contributed by atoms with Crippen LogP contribution in [0.3, 0.4) is 0 Å². The summed E-state index contributed by atoms with van der Waals surface area (Å²) < 4.78 is 5.12. The van der Waals surface area contributed by atoms with Crippen molar-refractivity contribution in [3.05, 3.63) is 29.3 Å². The molecule has 1 aromatic rings.